The molecule has 0 unspecified atom stereocenters. The van der Waals surface area contributed by atoms with Crippen molar-refractivity contribution >= 4 is 23.6 Å². The highest BCUT2D eigenvalue weighted by Gasteiger charge is 2.48. The monoisotopic (exact) mass is 667 g/mol. The molecule has 1 fully saturated rings. The Balaban J connectivity index is 1.58. The van der Waals surface area contributed by atoms with Gasteiger partial charge in [0.25, 0.3) is 5.91 Å². The molecule has 46 heavy (non-hydrogen) atoms. The highest BCUT2D eigenvalue weighted by Crippen LogP contribution is 2.47. The van der Waals surface area contributed by atoms with Crippen molar-refractivity contribution < 1.29 is 45.4 Å². The van der Waals surface area contributed by atoms with E-state index >= 15 is 0 Å². The van der Waals surface area contributed by atoms with E-state index in [1.165, 1.54) is 17.1 Å². The van der Waals surface area contributed by atoms with Crippen molar-refractivity contribution in [1.82, 2.24) is 9.58 Å². The van der Waals surface area contributed by atoms with Crippen LogP contribution in [0.5, 0.6) is 5.75 Å². The number of thioether (sulfide) groups is 1. The number of hydrogen-bond acceptors (Lipinski definition) is 7. The van der Waals surface area contributed by atoms with Crippen LogP contribution >= 0.6 is 11.8 Å². The Hall–Kier alpha value is -3.98. The van der Waals surface area contributed by atoms with E-state index in [4.69, 9.17) is 9.47 Å². The molecule has 0 N–H and O–H groups in total. The van der Waals surface area contributed by atoms with Gasteiger partial charge in [0.15, 0.2) is 5.69 Å². The first-order valence-electron chi connectivity index (χ1n) is 14.4. The van der Waals surface area contributed by atoms with Crippen molar-refractivity contribution in [3.63, 3.8) is 0 Å². The van der Waals surface area contributed by atoms with Crippen LogP contribution in [-0.2, 0) is 21.5 Å². The Kier molecular flexibility index (Phi) is 8.34. The van der Waals surface area contributed by atoms with E-state index in [9.17, 15) is 40.7 Å². The maximum atomic E-state index is 14.3. The summed E-state index contributed by atoms with van der Waals surface area (Å²) in [6, 6.07) is 7.83. The smallest absolute Gasteiger partial charge is 0.416 e. The zero-order valence-corrected chi connectivity index (χ0v) is 25.0. The van der Waals surface area contributed by atoms with Crippen LogP contribution in [0.1, 0.15) is 58.5 Å². The second kappa shape index (κ2) is 12.0. The summed E-state index contributed by atoms with van der Waals surface area (Å²) in [6.07, 6.45) is -7.92. The molecule has 8 nitrogen and oxygen atoms in total. The first-order chi connectivity index (χ1) is 21.8. The molecule has 0 aliphatic carbocycles. The topological polar surface area (TPSA) is 81.1 Å². The summed E-state index contributed by atoms with van der Waals surface area (Å²) >= 11 is 1.15. The number of pyridine rings is 1. The molecule has 0 spiro atoms. The zero-order valence-electron chi connectivity index (χ0n) is 24.2. The molecule has 0 bridgehead atoms. The summed E-state index contributed by atoms with van der Waals surface area (Å²) in [7, 11) is 0. The van der Waals surface area contributed by atoms with Crippen molar-refractivity contribution in [1.29, 1.82) is 0 Å². The molecule has 0 radical (unpaired) electrons. The van der Waals surface area contributed by atoms with Crippen molar-refractivity contribution in [3.05, 3.63) is 92.9 Å². The van der Waals surface area contributed by atoms with E-state index in [0.29, 0.717) is 15.4 Å². The molecule has 1 aromatic heterocycles. The lowest BCUT2D eigenvalue weighted by atomic mass is 9.91. The number of aromatic nitrogens is 1. The summed E-state index contributed by atoms with van der Waals surface area (Å²) in [5, 5.41) is 1.30. The van der Waals surface area contributed by atoms with Gasteiger partial charge in [-0.05, 0) is 48.6 Å². The first-order valence-corrected chi connectivity index (χ1v) is 15.4. The second-order valence-corrected chi connectivity index (χ2v) is 12.2. The second-order valence-electron chi connectivity index (χ2n) is 11.2. The van der Waals surface area contributed by atoms with Gasteiger partial charge in [-0.25, -0.2) is 0 Å². The highest BCUT2D eigenvalue weighted by atomic mass is 32.2. The fourth-order valence-electron chi connectivity index (χ4n) is 6.00. The Morgan fingerprint density at radius 1 is 0.978 bits per heavy atom. The van der Waals surface area contributed by atoms with E-state index in [1.54, 1.807) is 24.3 Å². The Morgan fingerprint density at radius 3 is 2.37 bits per heavy atom. The van der Waals surface area contributed by atoms with Crippen molar-refractivity contribution in [3.8, 4) is 5.75 Å². The average Bonchev–Trinajstić information content (AvgIpc) is 3.18. The van der Waals surface area contributed by atoms with Crippen molar-refractivity contribution in [2.24, 2.45) is 5.92 Å². The minimum absolute atomic E-state index is 0.0673. The third-order valence-corrected chi connectivity index (χ3v) is 9.58. The lowest BCUT2D eigenvalue weighted by Gasteiger charge is -2.46. The van der Waals surface area contributed by atoms with Gasteiger partial charge in [-0.1, -0.05) is 30.3 Å². The van der Waals surface area contributed by atoms with Crippen LogP contribution in [0.15, 0.2) is 64.4 Å². The van der Waals surface area contributed by atoms with Gasteiger partial charge in [-0.2, -0.15) is 26.3 Å². The van der Waals surface area contributed by atoms with Gasteiger partial charge in [0, 0.05) is 36.1 Å². The number of ether oxygens (including phenoxy) is 2. The molecule has 4 heterocycles. The van der Waals surface area contributed by atoms with Gasteiger partial charge in [0.1, 0.15) is 12.7 Å². The van der Waals surface area contributed by atoms with E-state index in [0.717, 1.165) is 41.7 Å². The molecule has 3 aliphatic heterocycles. The molecule has 15 heteroatoms. The Bertz CT molecular complexity index is 1740. The number of nitrogens with zero attached hydrogens (tertiary/aromatic N) is 3. The quantitative estimate of drug-likeness (QED) is 0.254. The molecule has 1 amide bonds. The molecule has 1 saturated heterocycles. The van der Waals surface area contributed by atoms with Crippen LogP contribution in [0.4, 0.5) is 26.3 Å². The van der Waals surface area contributed by atoms with Crippen LogP contribution in [-0.4, -0.2) is 53.6 Å². The normalized spacial score (nSPS) is 19.5. The van der Waals surface area contributed by atoms with E-state index in [1.807, 2.05) is 0 Å². The van der Waals surface area contributed by atoms with Gasteiger partial charge in [-0.15, -0.1) is 11.8 Å². The fraction of sp³-hybridized carbons (Fsp3) is 0.387. The highest BCUT2D eigenvalue weighted by molar-refractivity contribution is 7.98. The minimum atomic E-state index is -4.91. The van der Waals surface area contributed by atoms with E-state index in [-0.39, 0.29) is 42.9 Å². The molecular formula is C31H27F6N3O5S. The van der Waals surface area contributed by atoms with Crippen LogP contribution in [0.2, 0.25) is 0 Å². The van der Waals surface area contributed by atoms with Gasteiger partial charge in [0.05, 0.1) is 17.5 Å². The maximum absolute atomic E-state index is 14.3. The van der Waals surface area contributed by atoms with Crippen molar-refractivity contribution in [2.45, 2.75) is 54.8 Å². The summed E-state index contributed by atoms with van der Waals surface area (Å²) in [5.41, 5.74) is -1.88. The van der Waals surface area contributed by atoms with Gasteiger partial charge in [0.2, 0.25) is 11.2 Å². The average molecular weight is 668 g/mol. The third kappa shape index (κ3) is 5.74. The molecule has 0 saturated carbocycles. The van der Waals surface area contributed by atoms with Gasteiger partial charge < -0.3 is 14.4 Å². The number of esters is 1. The number of alkyl halides is 6. The standard InChI is InChI=1S/C31H27F6N3O5S/c1-17(30(32,33)34)38-16-40(39-12-9-23(41)27(26(39)28(38)42)45-29(43)18-10-13-44-14-11-18)25-19-6-4-7-22(31(35,36)37)21(19)15-46-24-8-3-2-5-20(24)25/h2-9,12,17-18,25H,10-11,13-16H2,1H3/t17-,25+/m1/s1. The summed E-state index contributed by atoms with van der Waals surface area (Å²) in [5.74, 6) is -3.58. The predicted octanol–water partition coefficient (Wildman–Crippen LogP) is 5.90. The van der Waals surface area contributed by atoms with Gasteiger partial charge in [-0.3, -0.25) is 24.1 Å². The van der Waals surface area contributed by atoms with Gasteiger partial charge >= 0.3 is 18.3 Å². The van der Waals surface area contributed by atoms with Crippen LogP contribution in [0.25, 0.3) is 0 Å². The lowest BCUT2D eigenvalue weighted by Crippen LogP contribution is -2.60. The fourth-order valence-corrected chi connectivity index (χ4v) is 7.15. The number of halogens is 6. The number of hydrogen-bond donors (Lipinski definition) is 0. The number of carbonyl (C=O) groups is 2. The van der Waals surface area contributed by atoms with Crippen LogP contribution in [0, 0.1) is 5.92 Å². The number of fused-ring (bicyclic) bond motifs is 3. The Labute approximate surface area is 262 Å². The van der Waals surface area contributed by atoms with E-state index in [2.05, 4.69) is 0 Å². The maximum Gasteiger partial charge on any atom is 0.416 e. The molecule has 244 valence electrons. The van der Waals surface area contributed by atoms with Crippen molar-refractivity contribution in [2.75, 3.05) is 24.9 Å². The number of benzene rings is 2. The molecule has 6 rings (SSSR count). The van der Waals surface area contributed by atoms with E-state index < -0.39 is 71.3 Å². The summed E-state index contributed by atoms with van der Waals surface area (Å²) in [6.45, 7) is 0.566. The largest absolute Gasteiger partial charge is 0.420 e. The molecule has 2 atom stereocenters. The third-order valence-electron chi connectivity index (χ3n) is 8.47. The molecule has 2 aromatic carbocycles. The first kappa shape index (κ1) is 32.0. The molecule has 3 aliphatic rings. The molecular weight excluding hydrogens is 640 g/mol. The zero-order chi connectivity index (χ0) is 33.0. The molecule has 3 aromatic rings. The van der Waals surface area contributed by atoms with Crippen LogP contribution < -0.4 is 15.2 Å². The lowest BCUT2D eigenvalue weighted by molar-refractivity contribution is -0.173. The SMILES string of the molecule is C[C@@H](N1CN([C@@H]2c3ccccc3SCc3c2cccc3C(F)(F)F)n2ccc(=O)c(OC(=O)C3CCOCC3)c2C1=O)C(F)(F)F. The Morgan fingerprint density at radius 2 is 1.67 bits per heavy atom. The number of amides is 1. The number of rotatable bonds is 4. The predicted molar refractivity (Wildman–Crippen MR) is 154 cm³/mol. The minimum Gasteiger partial charge on any atom is -0.420 e. The van der Waals surface area contributed by atoms with Crippen LogP contribution in [0.3, 0.4) is 0 Å². The number of carbonyl (C=O) groups excluding carboxylic acids is 2. The summed E-state index contributed by atoms with van der Waals surface area (Å²) in [4.78, 5) is 41.2. The summed E-state index contributed by atoms with van der Waals surface area (Å²) < 4.78 is 97.3.